The lowest BCUT2D eigenvalue weighted by atomic mass is 10.5. The van der Waals surface area contributed by atoms with Crippen LogP contribution in [0.3, 0.4) is 0 Å². The Labute approximate surface area is 117 Å². The van der Waals surface area contributed by atoms with E-state index in [-0.39, 0.29) is 17.9 Å². The summed E-state index contributed by atoms with van der Waals surface area (Å²) >= 11 is 3.04. The molecule has 0 fully saturated rings. The third kappa shape index (κ3) is 4.73. The van der Waals surface area contributed by atoms with Crippen molar-refractivity contribution in [1.29, 1.82) is 0 Å². The van der Waals surface area contributed by atoms with Crippen LogP contribution in [0.2, 0.25) is 0 Å². The summed E-state index contributed by atoms with van der Waals surface area (Å²) in [6.07, 6.45) is -1.91. The molecule has 0 amide bonds. The maximum absolute atomic E-state index is 12.4. The fraction of sp³-hybridized carbons (Fsp3) is 0.500. The average Bonchev–Trinajstić information content (AvgIpc) is 2.26. The third-order valence-electron chi connectivity index (χ3n) is 2.15. The molecule has 0 atom stereocenters. The van der Waals surface area contributed by atoms with Crippen LogP contribution in [0.25, 0.3) is 0 Å². The second-order valence-corrected chi connectivity index (χ2v) is 6.65. The molecular weight excluding hydrogens is 349 g/mol. The highest BCUT2D eigenvalue weighted by atomic mass is 79.9. The number of nitrogens with zero attached hydrogens (tertiary/aromatic N) is 2. The maximum Gasteiger partial charge on any atom is 0.402 e. The molecular formula is C10H12BrF3N2O2S. The van der Waals surface area contributed by atoms with Gasteiger partial charge in [0.25, 0.3) is 0 Å². The summed E-state index contributed by atoms with van der Waals surface area (Å²) in [5.41, 5.74) is 0. The van der Waals surface area contributed by atoms with Gasteiger partial charge in [0, 0.05) is 23.4 Å². The molecule has 0 unspecified atom stereocenters. The Hall–Kier alpha value is -0.670. The van der Waals surface area contributed by atoms with Crippen LogP contribution < -0.4 is 0 Å². The van der Waals surface area contributed by atoms with Crippen LogP contribution in [0.15, 0.2) is 27.8 Å². The van der Waals surface area contributed by atoms with Gasteiger partial charge in [-0.3, -0.25) is 4.98 Å². The molecule has 0 aliphatic rings. The molecule has 19 heavy (non-hydrogen) atoms. The van der Waals surface area contributed by atoms with Gasteiger partial charge in [0.15, 0.2) is 0 Å². The van der Waals surface area contributed by atoms with Crippen molar-refractivity contribution in [2.24, 2.45) is 0 Å². The average molecular weight is 361 g/mol. The molecule has 1 rings (SSSR count). The van der Waals surface area contributed by atoms with E-state index in [9.17, 15) is 21.6 Å². The highest BCUT2D eigenvalue weighted by Gasteiger charge is 2.36. The minimum atomic E-state index is -4.58. The van der Waals surface area contributed by atoms with Crippen molar-refractivity contribution in [3.05, 3.63) is 22.9 Å². The number of hydrogen-bond acceptors (Lipinski definition) is 3. The van der Waals surface area contributed by atoms with Gasteiger partial charge >= 0.3 is 6.18 Å². The van der Waals surface area contributed by atoms with Crippen molar-refractivity contribution < 1.29 is 21.6 Å². The Morgan fingerprint density at radius 1 is 1.37 bits per heavy atom. The monoisotopic (exact) mass is 360 g/mol. The summed E-state index contributed by atoms with van der Waals surface area (Å²) in [5.74, 6) is 0. The summed E-state index contributed by atoms with van der Waals surface area (Å²) in [6, 6.07) is 1.22. The molecule has 0 saturated heterocycles. The summed E-state index contributed by atoms with van der Waals surface area (Å²) in [7, 11) is -4.20. The quantitative estimate of drug-likeness (QED) is 0.811. The van der Waals surface area contributed by atoms with E-state index in [1.54, 1.807) is 6.92 Å². The molecule has 9 heteroatoms. The first-order valence-electron chi connectivity index (χ1n) is 5.34. The zero-order valence-corrected chi connectivity index (χ0v) is 12.4. The summed E-state index contributed by atoms with van der Waals surface area (Å²) in [4.78, 5) is 3.39. The van der Waals surface area contributed by atoms with Gasteiger partial charge in [0.1, 0.15) is 11.4 Å². The first-order valence-corrected chi connectivity index (χ1v) is 7.57. The van der Waals surface area contributed by atoms with Crippen LogP contribution in [-0.4, -0.2) is 37.0 Å². The molecule has 1 aromatic rings. The van der Waals surface area contributed by atoms with Gasteiger partial charge in [-0.05, 0) is 28.4 Å². The van der Waals surface area contributed by atoms with Crippen LogP contribution in [0, 0.1) is 0 Å². The van der Waals surface area contributed by atoms with E-state index in [4.69, 9.17) is 0 Å². The highest BCUT2D eigenvalue weighted by molar-refractivity contribution is 9.10. The van der Waals surface area contributed by atoms with E-state index in [2.05, 4.69) is 20.9 Å². The van der Waals surface area contributed by atoms with Crippen LogP contribution in [0.5, 0.6) is 0 Å². The number of sulfonamides is 1. The Kier molecular flexibility index (Phi) is 5.34. The second-order valence-electron chi connectivity index (χ2n) is 3.79. The molecule has 0 saturated carbocycles. The normalized spacial score (nSPS) is 12.9. The Bertz CT molecular complexity index is 534. The van der Waals surface area contributed by atoms with Crippen molar-refractivity contribution in [3.63, 3.8) is 0 Å². The highest BCUT2D eigenvalue weighted by Crippen LogP contribution is 2.23. The molecule has 108 valence electrons. The van der Waals surface area contributed by atoms with Gasteiger partial charge in [-0.2, -0.15) is 17.5 Å². The van der Waals surface area contributed by atoms with Crippen molar-refractivity contribution in [3.8, 4) is 0 Å². The molecule has 0 N–H and O–H groups in total. The zero-order valence-electron chi connectivity index (χ0n) is 9.98. The number of aromatic nitrogens is 1. The predicted octanol–water partition coefficient (Wildman–Crippen LogP) is 2.81. The standard InChI is InChI=1S/C10H12BrF3N2O2S/c1-2-3-16(7-10(12,13)14)19(17,18)9-4-8(11)5-15-6-9/h4-6H,2-3,7H2,1H3. The van der Waals surface area contributed by atoms with Crippen LogP contribution in [0.1, 0.15) is 13.3 Å². The second kappa shape index (κ2) is 6.19. The van der Waals surface area contributed by atoms with E-state index in [1.165, 1.54) is 12.3 Å². The Balaban J connectivity index is 3.13. The summed E-state index contributed by atoms with van der Waals surface area (Å²) in [6.45, 7) is -0.0951. The molecule has 0 radical (unpaired) electrons. The maximum atomic E-state index is 12.4. The van der Waals surface area contributed by atoms with E-state index in [0.717, 1.165) is 6.20 Å². The van der Waals surface area contributed by atoms with E-state index < -0.39 is 22.7 Å². The number of hydrogen-bond donors (Lipinski definition) is 0. The smallest absolute Gasteiger partial charge is 0.262 e. The summed E-state index contributed by atoms with van der Waals surface area (Å²) < 4.78 is 62.3. The Morgan fingerprint density at radius 2 is 2.00 bits per heavy atom. The van der Waals surface area contributed by atoms with Crippen LogP contribution >= 0.6 is 15.9 Å². The number of alkyl halides is 3. The molecule has 0 spiro atoms. The first-order chi connectivity index (χ1) is 8.66. The van der Waals surface area contributed by atoms with Crippen LogP contribution in [0.4, 0.5) is 13.2 Å². The minimum absolute atomic E-state index is 0.200. The van der Waals surface area contributed by atoms with Gasteiger partial charge < -0.3 is 0 Å². The van der Waals surface area contributed by atoms with Crippen LogP contribution in [-0.2, 0) is 10.0 Å². The molecule has 0 aliphatic heterocycles. The third-order valence-corrected chi connectivity index (χ3v) is 4.39. The topological polar surface area (TPSA) is 50.3 Å². The van der Waals surface area contributed by atoms with Gasteiger partial charge in [-0.1, -0.05) is 6.92 Å². The van der Waals surface area contributed by atoms with E-state index in [1.807, 2.05) is 0 Å². The van der Waals surface area contributed by atoms with Gasteiger partial charge in [-0.25, -0.2) is 8.42 Å². The molecule has 0 aromatic carbocycles. The molecule has 4 nitrogen and oxygen atoms in total. The fourth-order valence-electron chi connectivity index (χ4n) is 1.42. The fourth-order valence-corrected chi connectivity index (χ4v) is 3.44. The Morgan fingerprint density at radius 3 is 2.47 bits per heavy atom. The van der Waals surface area contributed by atoms with E-state index >= 15 is 0 Å². The van der Waals surface area contributed by atoms with Crippen molar-refractivity contribution in [1.82, 2.24) is 9.29 Å². The van der Waals surface area contributed by atoms with Gasteiger partial charge in [-0.15, -0.1) is 0 Å². The van der Waals surface area contributed by atoms with Gasteiger partial charge in [0.2, 0.25) is 10.0 Å². The number of rotatable bonds is 5. The number of pyridine rings is 1. The largest absolute Gasteiger partial charge is 0.402 e. The molecule has 0 aliphatic carbocycles. The van der Waals surface area contributed by atoms with Crippen molar-refractivity contribution in [2.45, 2.75) is 24.4 Å². The lowest BCUT2D eigenvalue weighted by Gasteiger charge is -2.22. The molecule has 1 aromatic heterocycles. The number of halogens is 4. The first kappa shape index (κ1) is 16.4. The lowest BCUT2D eigenvalue weighted by molar-refractivity contribution is -0.136. The molecule has 0 bridgehead atoms. The van der Waals surface area contributed by atoms with Crippen molar-refractivity contribution in [2.75, 3.05) is 13.1 Å². The molecule has 1 heterocycles. The summed E-state index contributed by atoms with van der Waals surface area (Å²) in [5, 5.41) is 0. The SMILES string of the molecule is CCCN(CC(F)(F)F)S(=O)(=O)c1cncc(Br)c1. The van der Waals surface area contributed by atoms with Gasteiger partial charge in [0.05, 0.1) is 0 Å². The van der Waals surface area contributed by atoms with Crippen molar-refractivity contribution >= 4 is 26.0 Å². The lowest BCUT2D eigenvalue weighted by Crippen LogP contribution is -2.39. The predicted molar refractivity (Wildman–Crippen MR) is 67.0 cm³/mol. The zero-order chi connectivity index (χ0) is 14.7. The van der Waals surface area contributed by atoms with E-state index in [0.29, 0.717) is 8.78 Å². The minimum Gasteiger partial charge on any atom is -0.262 e.